The van der Waals surface area contributed by atoms with Crippen LogP contribution in [-0.2, 0) is 11.0 Å². The third-order valence-electron chi connectivity index (χ3n) is 2.54. The second kappa shape index (κ2) is 6.38. The molecule has 1 rings (SSSR count). The van der Waals surface area contributed by atoms with Crippen LogP contribution >= 0.6 is 0 Å². The number of hydrogen-bond acceptors (Lipinski definition) is 2. The molecule has 0 saturated carbocycles. The average Bonchev–Trinajstić information content (AvgIpc) is 2.36. The molecule has 4 nitrogen and oxygen atoms in total. The Morgan fingerprint density at radius 1 is 1.38 bits per heavy atom. The Morgan fingerprint density at radius 2 is 2.00 bits per heavy atom. The zero-order valence-corrected chi connectivity index (χ0v) is 10.6. The molecule has 2 N–H and O–H groups in total. The summed E-state index contributed by atoms with van der Waals surface area (Å²) in [6.07, 6.45) is -3.68. The number of carboxylic acid groups (broad SMARTS) is 1. The Labute approximate surface area is 117 Å². The van der Waals surface area contributed by atoms with Gasteiger partial charge in [0.15, 0.2) is 0 Å². The maximum atomic E-state index is 13.4. The quantitative estimate of drug-likeness (QED) is 0.649. The smallest absolute Gasteiger partial charge is 0.416 e. The third kappa shape index (κ3) is 4.30. The number of carbonyl (C=O) groups is 2. The van der Waals surface area contributed by atoms with Crippen molar-refractivity contribution in [2.75, 3.05) is 0 Å². The Kier molecular flexibility index (Phi) is 5.07. The predicted molar refractivity (Wildman–Crippen MR) is 65.1 cm³/mol. The van der Waals surface area contributed by atoms with Crippen LogP contribution in [0, 0.1) is 5.82 Å². The van der Waals surface area contributed by atoms with Crippen molar-refractivity contribution >= 4 is 11.9 Å². The van der Waals surface area contributed by atoms with Gasteiger partial charge in [0.05, 0.1) is 11.1 Å². The van der Waals surface area contributed by atoms with Gasteiger partial charge in [-0.2, -0.15) is 13.2 Å². The van der Waals surface area contributed by atoms with Crippen molar-refractivity contribution in [3.05, 3.63) is 47.8 Å². The highest BCUT2D eigenvalue weighted by atomic mass is 19.4. The van der Waals surface area contributed by atoms with E-state index in [2.05, 4.69) is 6.58 Å². The van der Waals surface area contributed by atoms with Gasteiger partial charge in [-0.1, -0.05) is 6.08 Å². The number of aliphatic carboxylic acids is 1. The van der Waals surface area contributed by atoms with E-state index in [1.165, 1.54) is 6.08 Å². The van der Waals surface area contributed by atoms with Gasteiger partial charge >= 0.3 is 12.1 Å². The number of carbonyl (C=O) groups excluding carboxylic acids is 1. The molecule has 0 aromatic heterocycles. The fraction of sp³-hybridized carbons (Fsp3) is 0.231. The fourth-order valence-corrected chi connectivity index (χ4v) is 1.50. The number of rotatable bonds is 5. The lowest BCUT2D eigenvalue weighted by molar-refractivity contribution is -0.139. The molecule has 1 aromatic rings. The summed E-state index contributed by atoms with van der Waals surface area (Å²) in [5, 5.41) is 10.8. The summed E-state index contributed by atoms with van der Waals surface area (Å²) in [5.74, 6) is -3.83. The molecule has 0 aliphatic carbocycles. The SMILES string of the molecule is C=CCC(NC(=O)c1cc(C(F)(F)F)ccc1F)C(=O)O. The van der Waals surface area contributed by atoms with E-state index >= 15 is 0 Å². The number of halogens is 4. The molecule has 0 bridgehead atoms. The van der Waals surface area contributed by atoms with Gasteiger partial charge in [-0.15, -0.1) is 6.58 Å². The molecule has 1 unspecified atom stereocenters. The van der Waals surface area contributed by atoms with E-state index in [1.54, 1.807) is 0 Å². The van der Waals surface area contributed by atoms with Gasteiger partial charge in [0.25, 0.3) is 5.91 Å². The summed E-state index contributed by atoms with van der Waals surface area (Å²) in [4.78, 5) is 22.5. The predicted octanol–water partition coefficient (Wildman–Crippen LogP) is 2.60. The summed E-state index contributed by atoms with van der Waals surface area (Å²) in [7, 11) is 0. The van der Waals surface area contributed by atoms with Gasteiger partial charge in [-0.3, -0.25) is 4.79 Å². The lowest BCUT2D eigenvalue weighted by Crippen LogP contribution is -2.40. The van der Waals surface area contributed by atoms with Gasteiger partial charge < -0.3 is 10.4 Å². The van der Waals surface area contributed by atoms with Crippen LogP contribution in [0.1, 0.15) is 22.3 Å². The van der Waals surface area contributed by atoms with Crippen LogP contribution in [0.5, 0.6) is 0 Å². The fourth-order valence-electron chi connectivity index (χ4n) is 1.50. The van der Waals surface area contributed by atoms with Gasteiger partial charge in [-0.05, 0) is 24.6 Å². The minimum Gasteiger partial charge on any atom is -0.480 e. The number of nitrogens with one attached hydrogen (secondary N) is 1. The van der Waals surface area contributed by atoms with Crippen molar-refractivity contribution in [2.24, 2.45) is 0 Å². The number of benzene rings is 1. The largest absolute Gasteiger partial charge is 0.480 e. The zero-order chi connectivity index (χ0) is 16.2. The van der Waals surface area contributed by atoms with E-state index in [1.807, 2.05) is 5.32 Å². The number of carboxylic acids is 1. The molecule has 0 heterocycles. The van der Waals surface area contributed by atoms with Crippen LogP contribution in [0.25, 0.3) is 0 Å². The normalized spacial score (nSPS) is 12.6. The number of hydrogen-bond donors (Lipinski definition) is 2. The van der Waals surface area contributed by atoms with E-state index in [0.717, 1.165) is 0 Å². The first-order valence-electron chi connectivity index (χ1n) is 5.68. The summed E-state index contributed by atoms with van der Waals surface area (Å²) < 4.78 is 51.0. The van der Waals surface area contributed by atoms with E-state index in [4.69, 9.17) is 5.11 Å². The van der Waals surface area contributed by atoms with Crippen LogP contribution < -0.4 is 5.32 Å². The monoisotopic (exact) mass is 305 g/mol. The molecule has 21 heavy (non-hydrogen) atoms. The molecule has 1 amide bonds. The van der Waals surface area contributed by atoms with Crippen LogP contribution in [-0.4, -0.2) is 23.0 Å². The van der Waals surface area contributed by atoms with Crippen LogP contribution in [0.3, 0.4) is 0 Å². The molecule has 114 valence electrons. The molecule has 0 radical (unpaired) electrons. The first-order valence-corrected chi connectivity index (χ1v) is 5.68. The summed E-state index contributed by atoms with van der Waals surface area (Å²) >= 11 is 0. The van der Waals surface area contributed by atoms with Crippen molar-refractivity contribution < 1.29 is 32.3 Å². The molecular formula is C13H11F4NO3. The summed E-state index contributed by atoms with van der Waals surface area (Å²) in [6.45, 7) is 3.29. The zero-order valence-electron chi connectivity index (χ0n) is 10.6. The van der Waals surface area contributed by atoms with Crippen molar-refractivity contribution in [2.45, 2.75) is 18.6 Å². The van der Waals surface area contributed by atoms with Gasteiger partial charge in [0, 0.05) is 0 Å². The van der Waals surface area contributed by atoms with E-state index in [-0.39, 0.29) is 6.42 Å². The molecular weight excluding hydrogens is 294 g/mol. The van der Waals surface area contributed by atoms with Crippen molar-refractivity contribution in [3.63, 3.8) is 0 Å². The van der Waals surface area contributed by atoms with Crippen LogP contribution in [0.15, 0.2) is 30.9 Å². The molecule has 8 heteroatoms. The Hall–Kier alpha value is -2.38. The topological polar surface area (TPSA) is 66.4 Å². The Morgan fingerprint density at radius 3 is 2.48 bits per heavy atom. The molecule has 1 atom stereocenters. The number of amides is 1. The summed E-state index contributed by atoms with van der Waals surface area (Å²) in [5.41, 5.74) is -2.08. The van der Waals surface area contributed by atoms with Crippen LogP contribution in [0.4, 0.5) is 17.6 Å². The highest BCUT2D eigenvalue weighted by molar-refractivity contribution is 5.97. The average molecular weight is 305 g/mol. The molecule has 0 saturated heterocycles. The standard InChI is InChI=1S/C13H11F4NO3/c1-2-3-10(12(20)21)18-11(19)8-6-7(13(15,16)17)4-5-9(8)14/h2,4-6,10H,1,3H2,(H,18,19)(H,20,21). The lowest BCUT2D eigenvalue weighted by Gasteiger charge is -2.14. The lowest BCUT2D eigenvalue weighted by atomic mass is 10.1. The third-order valence-corrected chi connectivity index (χ3v) is 2.54. The molecule has 0 aliphatic heterocycles. The molecule has 0 fully saturated rings. The van der Waals surface area contributed by atoms with E-state index in [9.17, 15) is 27.2 Å². The molecule has 1 aromatic carbocycles. The van der Waals surface area contributed by atoms with E-state index in [0.29, 0.717) is 18.2 Å². The van der Waals surface area contributed by atoms with Crippen molar-refractivity contribution in [1.82, 2.24) is 5.32 Å². The molecule has 0 aliphatic rings. The van der Waals surface area contributed by atoms with Crippen molar-refractivity contribution in [1.29, 1.82) is 0 Å². The second-order valence-electron chi connectivity index (χ2n) is 4.08. The van der Waals surface area contributed by atoms with Gasteiger partial charge in [0.1, 0.15) is 11.9 Å². The molecule has 0 spiro atoms. The maximum Gasteiger partial charge on any atom is 0.416 e. The van der Waals surface area contributed by atoms with Gasteiger partial charge in [-0.25, -0.2) is 9.18 Å². The van der Waals surface area contributed by atoms with Crippen molar-refractivity contribution in [3.8, 4) is 0 Å². The van der Waals surface area contributed by atoms with Crippen LogP contribution in [0.2, 0.25) is 0 Å². The first-order chi connectivity index (χ1) is 9.66. The van der Waals surface area contributed by atoms with Gasteiger partial charge in [0.2, 0.25) is 0 Å². The number of alkyl halides is 3. The Balaban J connectivity index is 3.06. The second-order valence-corrected chi connectivity index (χ2v) is 4.08. The maximum absolute atomic E-state index is 13.4. The van der Waals surface area contributed by atoms with E-state index < -0.39 is 41.0 Å². The first kappa shape index (κ1) is 16.7. The highest BCUT2D eigenvalue weighted by Crippen LogP contribution is 2.30. The minimum atomic E-state index is -4.74. The minimum absolute atomic E-state index is 0.151. The Bertz CT molecular complexity index is 569. The summed E-state index contributed by atoms with van der Waals surface area (Å²) in [6, 6.07) is -0.0767. The highest BCUT2D eigenvalue weighted by Gasteiger charge is 2.32.